The smallest absolute Gasteiger partial charge is 0.421 e. The lowest BCUT2D eigenvalue weighted by molar-refractivity contribution is -0.202. The fourth-order valence-electron chi connectivity index (χ4n) is 9.06. The number of carbonyl (C=O) groups excluding carboxylic acids is 1. The molecule has 4 saturated carbocycles. The van der Waals surface area contributed by atoms with Crippen LogP contribution >= 0.6 is 0 Å². The van der Waals surface area contributed by atoms with Gasteiger partial charge in [-0.1, -0.05) is 27.2 Å². The number of nitrogens with zero attached hydrogens (tertiary/aromatic N) is 1. The van der Waals surface area contributed by atoms with E-state index in [1.165, 1.54) is 14.1 Å². The molecule has 3 N–H and O–H groups in total. The molecule has 202 valence electrons. The molecule has 0 radical (unpaired) electrons. The monoisotopic (exact) mass is 514 g/mol. The first-order valence-corrected chi connectivity index (χ1v) is 15.0. The zero-order valence-corrected chi connectivity index (χ0v) is 22.9. The molecule has 0 aromatic heterocycles. The molecule has 4 rings (SSSR count). The van der Waals surface area contributed by atoms with Crippen LogP contribution in [0.2, 0.25) is 0 Å². The van der Waals surface area contributed by atoms with Gasteiger partial charge in [0.05, 0.1) is 18.8 Å². The first-order valence-electron chi connectivity index (χ1n) is 13.6. The lowest BCUT2D eigenvalue weighted by Gasteiger charge is -2.64. The largest absolute Gasteiger partial charge is 0.449 e. The van der Waals surface area contributed by atoms with Crippen molar-refractivity contribution < 1.29 is 28.2 Å². The van der Waals surface area contributed by atoms with Crippen molar-refractivity contribution in [3.8, 4) is 0 Å². The summed E-state index contributed by atoms with van der Waals surface area (Å²) in [6.07, 6.45) is 7.25. The minimum Gasteiger partial charge on any atom is -0.449 e. The Hall–Kier alpha value is -0.900. The topological polar surface area (TPSA) is 116 Å². The van der Waals surface area contributed by atoms with Crippen LogP contribution in [-0.4, -0.2) is 61.9 Å². The van der Waals surface area contributed by atoms with Gasteiger partial charge in [-0.25, -0.2) is 9.52 Å². The molecule has 0 aromatic rings. The molecule has 0 unspecified atom stereocenters. The number of amides is 1. The summed E-state index contributed by atoms with van der Waals surface area (Å²) >= 11 is 0. The number of nitrogens with one attached hydrogen (secondary N) is 1. The van der Waals surface area contributed by atoms with Gasteiger partial charge in [0.25, 0.3) is 0 Å². The van der Waals surface area contributed by atoms with E-state index < -0.39 is 16.3 Å². The second-order valence-electron chi connectivity index (χ2n) is 12.5. The lowest BCUT2D eigenvalue weighted by atomic mass is 9.41. The molecule has 8 nitrogen and oxygen atoms in total. The van der Waals surface area contributed by atoms with Crippen molar-refractivity contribution in [1.82, 2.24) is 9.03 Å². The molecule has 0 spiro atoms. The van der Waals surface area contributed by atoms with Crippen molar-refractivity contribution >= 4 is 16.3 Å². The molecule has 4 fully saturated rings. The number of ether oxygens (including phenoxy) is 1. The van der Waals surface area contributed by atoms with Crippen molar-refractivity contribution in [2.75, 3.05) is 20.7 Å². The Morgan fingerprint density at radius 2 is 1.69 bits per heavy atom. The first-order chi connectivity index (χ1) is 16.3. The summed E-state index contributed by atoms with van der Waals surface area (Å²) < 4.78 is 31.8. The molecule has 4 aliphatic carbocycles. The van der Waals surface area contributed by atoms with Crippen molar-refractivity contribution in [3.05, 3.63) is 0 Å². The molecule has 9 heteroatoms. The molecule has 0 saturated heterocycles. The molecule has 0 bridgehead atoms. The van der Waals surface area contributed by atoms with Crippen LogP contribution in [0.4, 0.5) is 4.79 Å². The van der Waals surface area contributed by atoms with Crippen molar-refractivity contribution in [3.63, 3.8) is 0 Å². The zero-order valence-electron chi connectivity index (χ0n) is 22.1. The Morgan fingerprint density at radius 3 is 2.34 bits per heavy atom. The summed E-state index contributed by atoms with van der Waals surface area (Å²) in [5.41, 5.74) is 0.274. The van der Waals surface area contributed by atoms with Gasteiger partial charge in [-0.2, -0.15) is 12.7 Å². The van der Waals surface area contributed by atoms with E-state index in [9.17, 15) is 23.4 Å². The maximum Gasteiger partial charge on any atom is 0.421 e. The van der Waals surface area contributed by atoms with Gasteiger partial charge in [-0.05, 0) is 97.7 Å². The van der Waals surface area contributed by atoms with Gasteiger partial charge in [0.1, 0.15) is 0 Å². The van der Waals surface area contributed by atoms with Crippen molar-refractivity contribution in [2.45, 2.75) is 90.8 Å². The summed E-state index contributed by atoms with van der Waals surface area (Å²) in [5.74, 6) is 2.24. The van der Waals surface area contributed by atoms with Crippen LogP contribution in [0.25, 0.3) is 0 Å². The van der Waals surface area contributed by atoms with E-state index in [-0.39, 0.29) is 41.5 Å². The van der Waals surface area contributed by atoms with Gasteiger partial charge in [-0.15, -0.1) is 0 Å². The molecule has 0 heterocycles. The summed E-state index contributed by atoms with van der Waals surface area (Å²) in [6.45, 7) is 7.19. The van der Waals surface area contributed by atoms with Gasteiger partial charge in [0.15, 0.2) is 0 Å². The highest BCUT2D eigenvalue weighted by Gasteiger charge is 2.64. The number of aliphatic hydroxyl groups excluding tert-OH is 2. The molecule has 1 amide bonds. The fraction of sp³-hybridized carbons (Fsp3) is 0.962. The standard InChI is InChI=1S/C26H46N2O6S/c1-6-18-21-15-17(29)9-12-26(21,3)20-10-13-25(2)16(7-8-19(25)22(20)23(18)30)11-14-34-24(31)27-35(32,33)28(4)5/h16-23,29-30H,6-15H2,1-5H3,(H,27,31)/t16-,17-,18-,19+,20+,21+,22+,23-,25-,26-/m1/s1. The summed E-state index contributed by atoms with van der Waals surface area (Å²) in [7, 11) is -1.15. The van der Waals surface area contributed by atoms with E-state index in [2.05, 4.69) is 20.8 Å². The predicted molar refractivity (Wildman–Crippen MR) is 133 cm³/mol. The van der Waals surface area contributed by atoms with E-state index in [0.717, 1.165) is 55.7 Å². The summed E-state index contributed by atoms with van der Waals surface area (Å²) in [4.78, 5) is 12.0. The minimum absolute atomic E-state index is 0.0906. The highest BCUT2D eigenvalue weighted by Crippen LogP contribution is 2.69. The Morgan fingerprint density at radius 1 is 1.03 bits per heavy atom. The fourth-order valence-corrected chi connectivity index (χ4v) is 9.51. The lowest BCUT2D eigenvalue weighted by Crippen LogP contribution is -2.62. The first kappa shape index (κ1) is 27.1. The second-order valence-corrected chi connectivity index (χ2v) is 14.4. The van der Waals surface area contributed by atoms with Crippen LogP contribution in [0.15, 0.2) is 0 Å². The average molecular weight is 515 g/mol. The van der Waals surface area contributed by atoms with Crippen LogP contribution in [-0.2, 0) is 14.9 Å². The Labute approximate surface area is 211 Å². The number of carbonyl (C=O) groups is 1. The Balaban J connectivity index is 1.45. The average Bonchev–Trinajstić information content (AvgIpc) is 3.11. The molecule has 0 aliphatic heterocycles. The van der Waals surface area contributed by atoms with Gasteiger partial charge >= 0.3 is 16.3 Å². The highest BCUT2D eigenvalue weighted by molar-refractivity contribution is 7.87. The third-order valence-electron chi connectivity index (χ3n) is 11.0. The number of hydrogen-bond donors (Lipinski definition) is 3. The Kier molecular flexibility index (Phi) is 7.57. The highest BCUT2D eigenvalue weighted by atomic mass is 32.2. The van der Waals surface area contributed by atoms with Crippen LogP contribution < -0.4 is 4.72 Å². The summed E-state index contributed by atoms with van der Waals surface area (Å²) in [5, 5.41) is 22.2. The third-order valence-corrected chi connectivity index (χ3v) is 12.4. The van der Waals surface area contributed by atoms with E-state index in [4.69, 9.17) is 4.74 Å². The third kappa shape index (κ3) is 4.64. The van der Waals surface area contributed by atoms with E-state index in [0.29, 0.717) is 30.1 Å². The maximum absolute atomic E-state index is 12.0. The van der Waals surface area contributed by atoms with E-state index in [1.807, 2.05) is 4.72 Å². The zero-order chi connectivity index (χ0) is 25.8. The van der Waals surface area contributed by atoms with Crippen molar-refractivity contribution in [1.29, 1.82) is 0 Å². The van der Waals surface area contributed by atoms with Crippen LogP contribution in [0.1, 0.15) is 78.6 Å². The molecule has 0 aromatic carbocycles. The Bertz CT molecular complexity index is 896. The maximum atomic E-state index is 12.0. The SMILES string of the molecule is CC[C@H]1[C@@H](O)[C@@H]2[C@H](CC[C@]3(C)[C@@H](CCOC(=O)NS(=O)(=O)N(C)C)CC[C@@H]23)[C@@]2(C)CC[C@@H](O)C[C@@H]12. The molecule has 10 atom stereocenters. The molecular formula is C26H46N2O6S. The van der Waals surface area contributed by atoms with Gasteiger partial charge in [-0.3, -0.25) is 0 Å². The van der Waals surface area contributed by atoms with Gasteiger partial charge < -0.3 is 14.9 Å². The van der Waals surface area contributed by atoms with Crippen molar-refractivity contribution in [2.24, 2.45) is 46.3 Å². The number of rotatable bonds is 6. The number of aliphatic hydroxyl groups is 2. The predicted octanol–water partition coefficient (Wildman–Crippen LogP) is 3.54. The summed E-state index contributed by atoms with van der Waals surface area (Å²) in [6, 6.07) is 0. The van der Waals surface area contributed by atoms with Gasteiger partial charge in [0, 0.05) is 14.1 Å². The van der Waals surface area contributed by atoms with Crippen LogP contribution in [0.3, 0.4) is 0 Å². The number of fused-ring (bicyclic) bond motifs is 5. The normalized spacial score (nSPS) is 45.4. The second kappa shape index (κ2) is 9.76. The quantitative estimate of drug-likeness (QED) is 0.499. The molecular weight excluding hydrogens is 468 g/mol. The molecule has 4 aliphatic rings. The van der Waals surface area contributed by atoms with E-state index in [1.54, 1.807) is 0 Å². The minimum atomic E-state index is -3.86. The molecule has 35 heavy (non-hydrogen) atoms. The van der Waals surface area contributed by atoms with Gasteiger partial charge in [0.2, 0.25) is 0 Å². The van der Waals surface area contributed by atoms with Crippen LogP contribution in [0, 0.1) is 46.3 Å². The number of hydrogen-bond acceptors (Lipinski definition) is 6. The van der Waals surface area contributed by atoms with Crippen LogP contribution in [0.5, 0.6) is 0 Å². The van der Waals surface area contributed by atoms with E-state index >= 15 is 0 Å².